The van der Waals surface area contributed by atoms with E-state index in [1.165, 1.54) is 0 Å². The smallest absolute Gasteiger partial charge is 0.283 e. The highest BCUT2D eigenvalue weighted by Gasteiger charge is 2.26. The number of hydrogen-bond donors (Lipinski definition) is 1. The Labute approximate surface area is 88.0 Å². The van der Waals surface area contributed by atoms with Crippen molar-refractivity contribution in [3.05, 3.63) is 32.6 Å². The topological polar surface area (TPSA) is 82.0 Å². The summed E-state index contributed by atoms with van der Waals surface area (Å²) in [6.07, 6.45) is -3.01. The van der Waals surface area contributed by atoms with E-state index in [1.807, 2.05) is 0 Å². The molecule has 82 valence electrons. The molecule has 1 aromatic heterocycles. The van der Waals surface area contributed by atoms with Crippen LogP contribution in [0.15, 0.2) is 6.07 Å². The Kier molecular flexibility index (Phi) is 3.48. The Morgan fingerprint density at radius 3 is 2.67 bits per heavy atom. The van der Waals surface area contributed by atoms with Gasteiger partial charge in [-0.25, -0.2) is 13.8 Å². The summed E-state index contributed by atoms with van der Waals surface area (Å²) in [7, 11) is 0. The fourth-order valence-corrected chi connectivity index (χ4v) is 1.31. The third-order valence-electron chi connectivity index (χ3n) is 1.69. The molecule has 15 heavy (non-hydrogen) atoms. The molecule has 0 aliphatic carbocycles. The first-order valence-electron chi connectivity index (χ1n) is 3.79. The SMILES string of the molecule is NCc1nc(Cl)cc([N+](=O)[O-])c1C(F)F. The van der Waals surface area contributed by atoms with Crippen molar-refractivity contribution in [1.29, 1.82) is 0 Å². The number of nitro groups is 1. The molecule has 0 spiro atoms. The van der Waals surface area contributed by atoms with Crippen LogP contribution in [-0.2, 0) is 6.54 Å². The van der Waals surface area contributed by atoms with Crippen LogP contribution in [0.3, 0.4) is 0 Å². The molecule has 0 radical (unpaired) electrons. The minimum absolute atomic E-state index is 0.230. The van der Waals surface area contributed by atoms with E-state index in [0.717, 1.165) is 6.07 Å². The van der Waals surface area contributed by atoms with Crippen LogP contribution in [0.4, 0.5) is 14.5 Å². The Bertz CT molecular complexity index is 400. The molecule has 5 nitrogen and oxygen atoms in total. The van der Waals surface area contributed by atoms with Crippen molar-refractivity contribution in [3.63, 3.8) is 0 Å². The van der Waals surface area contributed by atoms with Gasteiger partial charge in [0.1, 0.15) is 10.7 Å². The van der Waals surface area contributed by atoms with Crippen LogP contribution in [0.5, 0.6) is 0 Å². The fourth-order valence-electron chi connectivity index (χ4n) is 1.10. The molecule has 0 amide bonds. The predicted octanol–water partition coefficient (Wildman–Crippen LogP) is 2.04. The summed E-state index contributed by atoms with van der Waals surface area (Å²) in [6, 6.07) is 0.780. The van der Waals surface area contributed by atoms with Crippen molar-refractivity contribution in [2.75, 3.05) is 0 Å². The van der Waals surface area contributed by atoms with Crippen LogP contribution < -0.4 is 5.73 Å². The van der Waals surface area contributed by atoms with Gasteiger partial charge in [-0.3, -0.25) is 10.1 Å². The largest absolute Gasteiger partial charge is 0.325 e. The first-order valence-corrected chi connectivity index (χ1v) is 4.17. The van der Waals surface area contributed by atoms with Crippen molar-refractivity contribution in [2.45, 2.75) is 13.0 Å². The van der Waals surface area contributed by atoms with E-state index in [9.17, 15) is 18.9 Å². The van der Waals surface area contributed by atoms with Gasteiger partial charge in [0.25, 0.3) is 12.1 Å². The van der Waals surface area contributed by atoms with Crippen LogP contribution in [0.25, 0.3) is 0 Å². The molecule has 0 aliphatic heterocycles. The number of nitrogens with two attached hydrogens (primary N) is 1. The minimum Gasteiger partial charge on any atom is -0.325 e. The van der Waals surface area contributed by atoms with Gasteiger partial charge >= 0.3 is 0 Å². The van der Waals surface area contributed by atoms with E-state index < -0.39 is 22.6 Å². The minimum atomic E-state index is -3.01. The lowest BCUT2D eigenvalue weighted by Crippen LogP contribution is -2.08. The summed E-state index contributed by atoms with van der Waals surface area (Å²) in [5, 5.41) is 10.3. The maximum Gasteiger partial charge on any atom is 0.283 e. The summed E-state index contributed by atoms with van der Waals surface area (Å²) >= 11 is 5.43. The molecule has 2 N–H and O–H groups in total. The monoisotopic (exact) mass is 237 g/mol. The normalized spacial score (nSPS) is 10.7. The number of rotatable bonds is 3. The summed E-state index contributed by atoms with van der Waals surface area (Å²) in [5.74, 6) is 0. The third kappa shape index (κ3) is 2.37. The first kappa shape index (κ1) is 11.7. The summed E-state index contributed by atoms with van der Waals surface area (Å²) in [5.41, 5.74) is 3.36. The van der Waals surface area contributed by atoms with Gasteiger partial charge in [0.15, 0.2) is 0 Å². The average Bonchev–Trinajstić information content (AvgIpc) is 2.15. The van der Waals surface area contributed by atoms with Crippen molar-refractivity contribution in [2.24, 2.45) is 5.73 Å². The summed E-state index contributed by atoms with van der Waals surface area (Å²) in [6.45, 7) is -0.332. The molecule has 1 heterocycles. The highest BCUT2D eigenvalue weighted by molar-refractivity contribution is 6.29. The third-order valence-corrected chi connectivity index (χ3v) is 1.89. The number of aromatic nitrogens is 1. The average molecular weight is 238 g/mol. The van der Waals surface area contributed by atoms with Crippen LogP contribution >= 0.6 is 11.6 Å². The van der Waals surface area contributed by atoms with E-state index >= 15 is 0 Å². The van der Waals surface area contributed by atoms with Gasteiger partial charge in [-0.2, -0.15) is 0 Å². The van der Waals surface area contributed by atoms with Crippen molar-refractivity contribution < 1.29 is 13.7 Å². The van der Waals surface area contributed by atoms with Gasteiger partial charge in [-0.05, 0) is 0 Å². The molecule has 0 fully saturated rings. The molecule has 1 rings (SSSR count). The van der Waals surface area contributed by atoms with Crippen LogP contribution in [0, 0.1) is 10.1 Å². The van der Waals surface area contributed by atoms with E-state index in [1.54, 1.807) is 0 Å². The Morgan fingerprint density at radius 1 is 1.67 bits per heavy atom. The second-order valence-corrected chi connectivity index (χ2v) is 2.97. The molecular formula is C7H6ClF2N3O2. The molecule has 0 atom stereocenters. The molecule has 1 aromatic rings. The standard InChI is InChI=1S/C7H6ClF2N3O2/c8-5-1-4(13(14)15)6(7(9)10)3(2-11)12-5/h1,7H,2,11H2. The zero-order chi connectivity index (χ0) is 11.6. The second kappa shape index (κ2) is 4.45. The quantitative estimate of drug-likeness (QED) is 0.495. The molecule has 0 saturated heterocycles. The van der Waals surface area contributed by atoms with Crippen molar-refractivity contribution in [1.82, 2.24) is 4.98 Å². The fraction of sp³-hybridized carbons (Fsp3) is 0.286. The number of pyridine rings is 1. The van der Waals surface area contributed by atoms with Crippen molar-refractivity contribution in [3.8, 4) is 0 Å². The number of hydrogen-bond acceptors (Lipinski definition) is 4. The van der Waals surface area contributed by atoms with Gasteiger partial charge in [-0.1, -0.05) is 11.6 Å². The zero-order valence-corrected chi connectivity index (χ0v) is 8.04. The highest BCUT2D eigenvalue weighted by atomic mass is 35.5. The van der Waals surface area contributed by atoms with E-state index in [2.05, 4.69) is 4.98 Å². The summed E-state index contributed by atoms with van der Waals surface area (Å²) < 4.78 is 25.0. The van der Waals surface area contributed by atoms with E-state index in [-0.39, 0.29) is 17.4 Å². The molecule has 0 aliphatic rings. The lowest BCUT2D eigenvalue weighted by Gasteiger charge is -2.06. The molecule has 0 unspecified atom stereocenters. The lowest BCUT2D eigenvalue weighted by molar-refractivity contribution is -0.386. The van der Waals surface area contributed by atoms with Gasteiger partial charge in [0.05, 0.1) is 16.7 Å². The summed E-state index contributed by atoms with van der Waals surface area (Å²) in [4.78, 5) is 13.1. The molecule has 8 heteroatoms. The van der Waals surface area contributed by atoms with Gasteiger partial charge in [-0.15, -0.1) is 0 Å². The van der Waals surface area contributed by atoms with Gasteiger partial charge < -0.3 is 5.73 Å². The Balaban J connectivity index is 3.47. The maximum absolute atomic E-state index is 12.5. The van der Waals surface area contributed by atoms with Crippen LogP contribution in [0.1, 0.15) is 17.7 Å². The lowest BCUT2D eigenvalue weighted by atomic mass is 10.1. The number of halogens is 3. The van der Waals surface area contributed by atoms with Gasteiger partial charge in [0.2, 0.25) is 0 Å². The predicted molar refractivity (Wildman–Crippen MR) is 48.7 cm³/mol. The van der Waals surface area contributed by atoms with Gasteiger partial charge in [0, 0.05) is 6.54 Å². The number of alkyl halides is 2. The zero-order valence-electron chi connectivity index (χ0n) is 7.28. The molecule has 0 aromatic carbocycles. The number of nitrogens with zero attached hydrogens (tertiary/aromatic N) is 2. The van der Waals surface area contributed by atoms with E-state index in [4.69, 9.17) is 17.3 Å². The van der Waals surface area contributed by atoms with Crippen LogP contribution in [0.2, 0.25) is 5.15 Å². The molecular weight excluding hydrogens is 232 g/mol. The van der Waals surface area contributed by atoms with Crippen LogP contribution in [-0.4, -0.2) is 9.91 Å². The maximum atomic E-state index is 12.5. The first-order chi connectivity index (χ1) is 6.97. The Hall–Kier alpha value is -1.34. The second-order valence-electron chi connectivity index (χ2n) is 2.59. The highest BCUT2D eigenvalue weighted by Crippen LogP contribution is 2.32. The van der Waals surface area contributed by atoms with E-state index in [0.29, 0.717) is 0 Å². The van der Waals surface area contributed by atoms with Crippen molar-refractivity contribution >= 4 is 17.3 Å². The molecule has 0 bridgehead atoms. The Morgan fingerprint density at radius 2 is 2.27 bits per heavy atom. The molecule has 0 saturated carbocycles.